The van der Waals surface area contributed by atoms with Crippen molar-refractivity contribution in [2.75, 3.05) is 26.7 Å². The van der Waals surface area contributed by atoms with Crippen LogP contribution in [0.2, 0.25) is 0 Å². The summed E-state index contributed by atoms with van der Waals surface area (Å²) in [7, 11) is 1.73. The van der Waals surface area contributed by atoms with E-state index in [2.05, 4.69) is 5.43 Å². The Hall–Kier alpha value is -0.910. The summed E-state index contributed by atoms with van der Waals surface area (Å²) in [6.45, 7) is 0.0704. The maximum atomic E-state index is 11.9. The average molecular weight is 195 g/mol. The van der Waals surface area contributed by atoms with E-state index in [0.29, 0.717) is 13.1 Å². The van der Waals surface area contributed by atoms with E-state index in [0.717, 1.165) is 0 Å². The third-order valence-electron chi connectivity index (χ3n) is 1.76. The molecule has 1 aliphatic rings. The minimum absolute atomic E-state index is 0.386. The molecular weight excluding hydrogens is 183 g/mol. The van der Waals surface area contributed by atoms with Gasteiger partial charge in [0.1, 0.15) is 6.54 Å². The molecule has 0 aliphatic carbocycles. The fourth-order valence-corrected chi connectivity index (χ4v) is 1.11. The quantitative estimate of drug-likeness (QED) is 0.702. The Bertz CT molecular complexity index is 190. The van der Waals surface area contributed by atoms with Crippen LogP contribution in [0, 0.1) is 0 Å². The number of nitrogens with one attached hydrogen (secondary N) is 1. The van der Waals surface area contributed by atoms with Gasteiger partial charge in [-0.15, -0.1) is 0 Å². The molecule has 0 saturated heterocycles. The minimum Gasteiger partial charge on any atom is -0.365 e. The Kier molecular flexibility index (Phi) is 3.02. The van der Waals surface area contributed by atoms with Gasteiger partial charge in [0.05, 0.1) is 6.54 Å². The summed E-state index contributed by atoms with van der Waals surface area (Å²) in [6, 6.07) is 0. The number of alkyl halides is 3. The van der Waals surface area contributed by atoms with Gasteiger partial charge in [-0.2, -0.15) is 13.2 Å². The first kappa shape index (κ1) is 10.2. The Morgan fingerprint density at radius 3 is 2.38 bits per heavy atom. The van der Waals surface area contributed by atoms with Crippen molar-refractivity contribution in [2.24, 2.45) is 0 Å². The monoisotopic (exact) mass is 195 g/mol. The standard InChI is InChI=1S/C7H12F3N3/c1-11-13-4-2-12(3-5-13)6-7(8,9)10/h2,4,11H,3,5-6H2,1H3. The zero-order chi connectivity index (χ0) is 9.90. The first-order valence-electron chi connectivity index (χ1n) is 3.94. The van der Waals surface area contributed by atoms with Crippen LogP contribution in [0.3, 0.4) is 0 Å². The predicted octanol–water partition coefficient (Wildman–Crippen LogP) is 0.772. The molecule has 0 amide bonds. The summed E-state index contributed by atoms with van der Waals surface area (Å²) >= 11 is 0. The first-order valence-corrected chi connectivity index (χ1v) is 3.94. The van der Waals surface area contributed by atoms with Gasteiger partial charge in [0.2, 0.25) is 0 Å². The molecular formula is C7H12F3N3. The number of hydrogen-bond donors (Lipinski definition) is 1. The Morgan fingerprint density at radius 1 is 1.31 bits per heavy atom. The van der Waals surface area contributed by atoms with Gasteiger partial charge in [0.25, 0.3) is 0 Å². The topological polar surface area (TPSA) is 18.5 Å². The maximum Gasteiger partial charge on any atom is 0.405 e. The van der Waals surface area contributed by atoms with E-state index >= 15 is 0 Å². The summed E-state index contributed by atoms with van der Waals surface area (Å²) in [5.41, 5.74) is 2.83. The van der Waals surface area contributed by atoms with Crippen molar-refractivity contribution in [3.63, 3.8) is 0 Å². The van der Waals surface area contributed by atoms with E-state index in [4.69, 9.17) is 0 Å². The van der Waals surface area contributed by atoms with Crippen molar-refractivity contribution in [3.05, 3.63) is 12.4 Å². The molecule has 0 bridgehead atoms. The average Bonchev–Trinajstić information content (AvgIpc) is 2.03. The summed E-state index contributed by atoms with van der Waals surface area (Å²) in [4.78, 5) is 1.24. The Morgan fingerprint density at radius 2 is 2.00 bits per heavy atom. The lowest BCUT2D eigenvalue weighted by atomic mass is 10.4. The number of hydrogen-bond acceptors (Lipinski definition) is 3. The third-order valence-corrected chi connectivity index (χ3v) is 1.76. The summed E-state index contributed by atoms with van der Waals surface area (Å²) < 4.78 is 35.7. The lowest BCUT2D eigenvalue weighted by molar-refractivity contribution is -0.141. The molecule has 1 rings (SSSR count). The molecule has 0 aromatic rings. The van der Waals surface area contributed by atoms with Crippen molar-refractivity contribution in [2.45, 2.75) is 6.18 Å². The first-order chi connectivity index (χ1) is 6.01. The van der Waals surface area contributed by atoms with Gasteiger partial charge in [0, 0.05) is 26.0 Å². The van der Waals surface area contributed by atoms with Crippen LogP contribution in [0.4, 0.5) is 13.2 Å². The largest absolute Gasteiger partial charge is 0.405 e. The van der Waals surface area contributed by atoms with E-state index in [-0.39, 0.29) is 0 Å². The molecule has 0 fully saturated rings. The fourth-order valence-electron chi connectivity index (χ4n) is 1.11. The van der Waals surface area contributed by atoms with Crippen LogP contribution in [0.15, 0.2) is 12.4 Å². The molecule has 0 radical (unpaired) electrons. The molecule has 6 heteroatoms. The fraction of sp³-hybridized carbons (Fsp3) is 0.714. The van der Waals surface area contributed by atoms with Crippen molar-refractivity contribution in [3.8, 4) is 0 Å². The highest BCUT2D eigenvalue weighted by Gasteiger charge is 2.30. The molecule has 76 valence electrons. The van der Waals surface area contributed by atoms with Crippen LogP contribution in [-0.2, 0) is 0 Å². The lowest BCUT2D eigenvalue weighted by Crippen LogP contribution is -2.43. The molecule has 1 N–H and O–H groups in total. The zero-order valence-corrected chi connectivity index (χ0v) is 7.30. The van der Waals surface area contributed by atoms with Gasteiger partial charge < -0.3 is 9.91 Å². The second-order valence-electron chi connectivity index (χ2n) is 2.80. The van der Waals surface area contributed by atoms with Gasteiger partial charge in [-0.25, -0.2) is 5.43 Å². The van der Waals surface area contributed by atoms with Crippen molar-refractivity contribution in [1.82, 2.24) is 15.3 Å². The van der Waals surface area contributed by atoms with Crippen LogP contribution < -0.4 is 5.43 Å². The van der Waals surface area contributed by atoms with E-state index in [1.165, 1.54) is 11.1 Å². The van der Waals surface area contributed by atoms with Crippen LogP contribution in [-0.4, -0.2) is 42.8 Å². The lowest BCUT2D eigenvalue weighted by Gasteiger charge is -2.30. The molecule has 1 aliphatic heterocycles. The van der Waals surface area contributed by atoms with E-state index in [9.17, 15) is 13.2 Å². The highest BCUT2D eigenvalue weighted by Crippen LogP contribution is 2.17. The normalized spacial score (nSPS) is 18.2. The summed E-state index contributed by atoms with van der Waals surface area (Å²) in [6.07, 6.45) is -1.09. The Labute approximate surface area is 74.8 Å². The molecule has 13 heavy (non-hydrogen) atoms. The van der Waals surface area contributed by atoms with E-state index < -0.39 is 12.7 Å². The Balaban J connectivity index is 2.40. The number of hydrazine groups is 1. The van der Waals surface area contributed by atoms with E-state index in [1.807, 2.05) is 0 Å². The van der Waals surface area contributed by atoms with Gasteiger partial charge in [-0.1, -0.05) is 0 Å². The number of rotatable bonds is 2. The van der Waals surface area contributed by atoms with E-state index in [1.54, 1.807) is 18.3 Å². The predicted molar refractivity (Wildman–Crippen MR) is 42.5 cm³/mol. The summed E-state index contributed by atoms with van der Waals surface area (Å²) in [5.74, 6) is 0. The zero-order valence-electron chi connectivity index (χ0n) is 7.30. The van der Waals surface area contributed by atoms with Crippen LogP contribution in [0.25, 0.3) is 0 Å². The van der Waals surface area contributed by atoms with Gasteiger partial charge >= 0.3 is 6.18 Å². The number of nitrogens with zero attached hydrogens (tertiary/aromatic N) is 2. The third kappa shape index (κ3) is 3.54. The number of halogens is 3. The molecule has 1 heterocycles. The van der Waals surface area contributed by atoms with Gasteiger partial charge in [-0.3, -0.25) is 0 Å². The van der Waals surface area contributed by atoms with Crippen molar-refractivity contribution in [1.29, 1.82) is 0 Å². The molecule has 0 atom stereocenters. The molecule has 0 unspecified atom stereocenters. The van der Waals surface area contributed by atoms with Crippen LogP contribution in [0.1, 0.15) is 0 Å². The molecule has 3 nitrogen and oxygen atoms in total. The van der Waals surface area contributed by atoms with Gasteiger partial charge in [-0.05, 0) is 0 Å². The highest BCUT2D eigenvalue weighted by atomic mass is 19.4. The molecule has 0 aromatic heterocycles. The molecule has 0 spiro atoms. The van der Waals surface area contributed by atoms with Crippen LogP contribution >= 0.6 is 0 Å². The second kappa shape index (κ2) is 3.87. The molecule has 0 aromatic carbocycles. The van der Waals surface area contributed by atoms with Crippen molar-refractivity contribution < 1.29 is 13.2 Å². The molecule has 0 saturated carbocycles. The van der Waals surface area contributed by atoms with Gasteiger partial charge in [0.15, 0.2) is 0 Å². The summed E-state index contributed by atoms with van der Waals surface area (Å²) in [5, 5.41) is 1.73. The maximum absolute atomic E-state index is 11.9. The second-order valence-corrected chi connectivity index (χ2v) is 2.80. The minimum atomic E-state index is -4.12. The SMILES string of the molecule is CNN1C=CN(CC(F)(F)F)CC1. The smallest absolute Gasteiger partial charge is 0.365 e. The van der Waals surface area contributed by atoms with Crippen LogP contribution in [0.5, 0.6) is 0 Å². The highest BCUT2D eigenvalue weighted by molar-refractivity contribution is 4.88. The van der Waals surface area contributed by atoms with Crippen molar-refractivity contribution >= 4 is 0 Å².